The molecule has 0 N–H and O–H groups in total. The number of hydrogen-bond acceptors (Lipinski definition) is 8. The van der Waals surface area contributed by atoms with Crippen molar-refractivity contribution in [2.75, 3.05) is 50.4 Å². The van der Waals surface area contributed by atoms with Crippen LogP contribution in [-0.2, 0) is 0 Å². The lowest BCUT2D eigenvalue weighted by Crippen LogP contribution is -2.00. The molecule has 4 rings (SSSR count). The molecular formula is C46H54O6S2. The van der Waals surface area contributed by atoms with Crippen LogP contribution in [0.15, 0.2) is 109 Å². The highest BCUT2D eigenvalue weighted by molar-refractivity contribution is 7.99. The van der Waals surface area contributed by atoms with Gasteiger partial charge in [-0.1, -0.05) is 74.9 Å². The minimum absolute atomic E-state index is 0.0380. The van der Waals surface area contributed by atoms with Crippen LogP contribution in [0.4, 0.5) is 0 Å². The molecule has 0 fully saturated rings. The van der Waals surface area contributed by atoms with Crippen molar-refractivity contribution in [3.05, 3.63) is 131 Å². The van der Waals surface area contributed by atoms with Crippen molar-refractivity contribution in [1.82, 2.24) is 0 Å². The van der Waals surface area contributed by atoms with Crippen molar-refractivity contribution in [1.29, 1.82) is 0 Å². The summed E-state index contributed by atoms with van der Waals surface area (Å²) in [6, 6.07) is 29.9. The molecule has 0 amide bonds. The second kappa shape index (κ2) is 25.6. The molecule has 4 aromatic rings. The van der Waals surface area contributed by atoms with Crippen LogP contribution in [0.1, 0.15) is 83.2 Å². The molecule has 0 aliphatic rings. The molecule has 0 radical (unpaired) electrons. The first-order chi connectivity index (χ1) is 26.5. The van der Waals surface area contributed by atoms with Crippen LogP contribution in [0, 0.1) is 0 Å². The average Bonchev–Trinajstić information content (AvgIpc) is 3.22. The van der Waals surface area contributed by atoms with Gasteiger partial charge >= 0.3 is 0 Å². The Morgan fingerprint density at radius 1 is 0.444 bits per heavy atom. The van der Waals surface area contributed by atoms with Crippen LogP contribution in [-0.4, -0.2) is 62.0 Å². The Labute approximate surface area is 330 Å². The third-order valence-electron chi connectivity index (χ3n) is 8.68. The largest absolute Gasteiger partial charge is 0.497 e. The first-order valence-corrected chi connectivity index (χ1v) is 21.2. The molecule has 0 atom stereocenters. The quantitative estimate of drug-likeness (QED) is 0.0338. The normalized spacial score (nSPS) is 11.2. The van der Waals surface area contributed by atoms with Crippen LogP contribution in [0.3, 0.4) is 0 Å². The van der Waals surface area contributed by atoms with E-state index in [9.17, 15) is 9.59 Å². The zero-order chi connectivity index (χ0) is 38.1. The van der Waals surface area contributed by atoms with E-state index in [1.54, 1.807) is 74.9 Å². The molecule has 4 aromatic carbocycles. The minimum Gasteiger partial charge on any atom is -0.497 e. The summed E-state index contributed by atoms with van der Waals surface area (Å²) < 4.78 is 22.1. The van der Waals surface area contributed by atoms with Gasteiger partial charge in [-0.3, -0.25) is 9.59 Å². The van der Waals surface area contributed by atoms with E-state index in [1.165, 1.54) is 62.9 Å². The number of rotatable bonds is 27. The average molecular weight is 767 g/mol. The maximum atomic E-state index is 12.4. The Bertz CT molecular complexity index is 1570. The van der Waals surface area contributed by atoms with Crippen LogP contribution in [0.25, 0.3) is 12.2 Å². The summed E-state index contributed by atoms with van der Waals surface area (Å²) in [5.41, 5.74) is 3.19. The topological polar surface area (TPSA) is 71.1 Å². The molecule has 286 valence electrons. The molecule has 6 nitrogen and oxygen atoms in total. The summed E-state index contributed by atoms with van der Waals surface area (Å²) in [6.45, 7) is 1.40. The van der Waals surface area contributed by atoms with E-state index in [2.05, 4.69) is 0 Å². The molecule has 0 saturated heterocycles. The van der Waals surface area contributed by atoms with Crippen molar-refractivity contribution in [2.24, 2.45) is 0 Å². The summed E-state index contributed by atoms with van der Waals surface area (Å²) in [4.78, 5) is 24.8. The van der Waals surface area contributed by atoms with Gasteiger partial charge < -0.3 is 18.9 Å². The number of hydrogen-bond donors (Lipinski definition) is 0. The standard InChI is InChI=1S/C46H54O6S2/c1-49-41-25-17-39(18-26-41)45(47)29-15-37-11-21-43(22-12-37)51-31-35-53-33-9-7-5-3-4-6-8-10-34-54-36-32-52-44-23-13-38(14-24-44)16-30-46(48)40-19-27-42(50-2)28-20-40/h11-30H,3-10,31-36H2,1-2H3/b29-15-,30-16+. The molecule has 0 aliphatic heterocycles. The second-order valence-electron chi connectivity index (χ2n) is 12.7. The van der Waals surface area contributed by atoms with E-state index in [-0.39, 0.29) is 11.6 Å². The van der Waals surface area contributed by atoms with E-state index in [0.29, 0.717) is 24.3 Å². The number of ether oxygens (including phenoxy) is 4. The van der Waals surface area contributed by atoms with Crippen LogP contribution in [0.2, 0.25) is 0 Å². The molecule has 54 heavy (non-hydrogen) atoms. The first-order valence-electron chi connectivity index (χ1n) is 18.9. The number of carbonyl (C=O) groups is 2. The zero-order valence-electron chi connectivity index (χ0n) is 31.7. The second-order valence-corrected chi connectivity index (χ2v) is 15.2. The van der Waals surface area contributed by atoms with Crippen LogP contribution < -0.4 is 18.9 Å². The number of ketones is 2. The molecule has 8 heteroatoms. The maximum Gasteiger partial charge on any atom is 0.185 e. The van der Waals surface area contributed by atoms with E-state index in [4.69, 9.17) is 18.9 Å². The summed E-state index contributed by atoms with van der Waals surface area (Å²) in [5.74, 6) is 7.46. The fourth-order valence-corrected chi connectivity index (χ4v) is 7.13. The third-order valence-corrected chi connectivity index (χ3v) is 10.7. The monoisotopic (exact) mass is 766 g/mol. The molecular weight excluding hydrogens is 713 g/mol. The maximum absolute atomic E-state index is 12.4. The fraction of sp³-hybridized carbons (Fsp3) is 0.348. The van der Waals surface area contributed by atoms with Gasteiger partial charge in [-0.05, 0) is 120 Å². The minimum atomic E-state index is -0.0380. The zero-order valence-corrected chi connectivity index (χ0v) is 33.3. The van der Waals surface area contributed by atoms with Crippen molar-refractivity contribution in [3.63, 3.8) is 0 Å². The molecule has 0 heterocycles. The number of unbranched alkanes of at least 4 members (excludes halogenated alkanes) is 7. The Kier molecular flexibility index (Phi) is 20.1. The highest BCUT2D eigenvalue weighted by atomic mass is 32.2. The number of carbonyl (C=O) groups excluding carboxylic acids is 2. The third kappa shape index (κ3) is 16.7. The van der Waals surface area contributed by atoms with Gasteiger partial charge in [0.15, 0.2) is 11.6 Å². The van der Waals surface area contributed by atoms with Crippen molar-refractivity contribution in [3.8, 4) is 23.0 Å². The number of benzene rings is 4. The summed E-state index contributed by atoms with van der Waals surface area (Å²) >= 11 is 3.93. The predicted octanol–water partition coefficient (Wildman–Crippen LogP) is 11.5. The molecule has 0 bridgehead atoms. The van der Waals surface area contributed by atoms with Crippen molar-refractivity contribution in [2.45, 2.75) is 51.4 Å². The van der Waals surface area contributed by atoms with E-state index >= 15 is 0 Å². The Balaban J connectivity index is 0.901. The number of methoxy groups -OCH3 is 2. The van der Waals surface area contributed by atoms with E-state index < -0.39 is 0 Å². The molecule has 0 spiro atoms. The SMILES string of the molecule is COc1ccc(C(=O)/C=C\c2ccc(OCCSCCCCCCCCCCSCCOc3ccc(/C=C/C(=O)c4ccc(OC)cc4)cc3)cc2)cc1. The Morgan fingerprint density at radius 3 is 1.13 bits per heavy atom. The van der Waals surface area contributed by atoms with Gasteiger partial charge in [0, 0.05) is 22.6 Å². The van der Waals surface area contributed by atoms with Gasteiger partial charge in [0.1, 0.15) is 23.0 Å². The van der Waals surface area contributed by atoms with Crippen LogP contribution >= 0.6 is 23.5 Å². The van der Waals surface area contributed by atoms with Gasteiger partial charge in [0.25, 0.3) is 0 Å². The lowest BCUT2D eigenvalue weighted by molar-refractivity contribution is 0.103. The number of allylic oxidation sites excluding steroid dienone is 2. The first kappa shape index (κ1) is 42.3. The Hall–Kier alpha value is -4.40. The highest BCUT2D eigenvalue weighted by Crippen LogP contribution is 2.19. The number of thioether (sulfide) groups is 2. The fourth-order valence-electron chi connectivity index (χ4n) is 5.51. The van der Waals surface area contributed by atoms with E-state index in [1.807, 2.05) is 84.2 Å². The lowest BCUT2D eigenvalue weighted by Gasteiger charge is -2.07. The smallest absolute Gasteiger partial charge is 0.185 e. The van der Waals surface area contributed by atoms with Gasteiger partial charge in [-0.15, -0.1) is 0 Å². The van der Waals surface area contributed by atoms with Crippen molar-refractivity contribution >= 4 is 47.2 Å². The lowest BCUT2D eigenvalue weighted by atomic mass is 10.1. The van der Waals surface area contributed by atoms with Gasteiger partial charge in [-0.2, -0.15) is 23.5 Å². The summed E-state index contributed by atoms with van der Waals surface area (Å²) in [7, 11) is 3.22. The van der Waals surface area contributed by atoms with Crippen LogP contribution in [0.5, 0.6) is 23.0 Å². The molecule has 0 saturated carbocycles. The molecule has 0 unspecified atom stereocenters. The van der Waals surface area contributed by atoms with Gasteiger partial charge in [0.2, 0.25) is 0 Å². The summed E-state index contributed by atoms with van der Waals surface area (Å²) in [5, 5.41) is 0. The van der Waals surface area contributed by atoms with E-state index in [0.717, 1.165) is 45.6 Å². The van der Waals surface area contributed by atoms with Gasteiger partial charge in [0.05, 0.1) is 27.4 Å². The molecule has 0 aromatic heterocycles. The molecule has 0 aliphatic carbocycles. The summed E-state index contributed by atoms with van der Waals surface area (Å²) in [6.07, 6.45) is 17.3. The predicted molar refractivity (Wildman–Crippen MR) is 228 cm³/mol. The highest BCUT2D eigenvalue weighted by Gasteiger charge is 2.04. The Morgan fingerprint density at radius 2 is 0.778 bits per heavy atom. The van der Waals surface area contributed by atoms with Crippen molar-refractivity contribution < 1.29 is 28.5 Å². The van der Waals surface area contributed by atoms with Gasteiger partial charge in [-0.25, -0.2) is 0 Å².